The second-order valence-corrected chi connectivity index (χ2v) is 7.77. The summed E-state index contributed by atoms with van der Waals surface area (Å²) in [5.74, 6) is -3.65. The molecule has 4 atom stereocenters. The molecule has 0 spiro atoms. The number of halogens is 2. The van der Waals surface area contributed by atoms with E-state index in [9.17, 15) is 20.2 Å². The van der Waals surface area contributed by atoms with E-state index in [0.29, 0.717) is 10.6 Å². The molecule has 0 aliphatic carbocycles. The molecule has 0 aromatic heterocycles. The van der Waals surface area contributed by atoms with Gasteiger partial charge in [-0.25, -0.2) is 4.39 Å². The number of nitrogens with zero attached hydrogens (tertiary/aromatic N) is 3. The smallest absolute Gasteiger partial charge is 0.244 e. The highest BCUT2D eigenvalue weighted by atomic mass is 35.5. The lowest BCUT2D eigenvalue weighted by atomic mass is 9.53. The fourth-order valence-electron chi connectivity index (χ4n) is 4.52. The lowest BCUT2D eigenvalue weighted by molar-refractivity contribution is -0.288. The van der Waals surface area contributed by atoms with Gasteiger partial charge in [0.05, 0.1) is 24.1 Å². The largest absolute Gasteiger partial charge is 0.443 e. The van der Waals surface area contributed by atoms with Crippen molar-refractivity contribution in [3.8, 4) is 18.2 Å². The molecule has 4 rings (SSSR count). The number of benzene rings is 2. The number of rotatable bonds is 2. The molecule has 30 heavy (non-hydrogen) atoms. The normalized spacial score (nSPS) is 31.1. The molecule has 0 amide bonds. The minimum absolute atomic E-state index is 0.196. The van der Waals surface area contributed by atoms with Gasteiger partial charge < -0.3 is 9.47 Å². The summed E-state index contributed by atoms with van der Waals surface area (Å²) in [5, 5.41) is 39.4. The Hall–Kier alpha value is -3.44. The molecule has 2 aromatic carbocycles. The van der Waals surface area contributed by atoms with E-state index < -0.39 is 40.4 Å². The van der Waals surface area contributed by atoms with Crippen molar-refractivity contribution in [2.75, 3.05) is 0 Å². The van der Waals surface area contributed by atoms with Crippen molar-refractivity contribution in [2.24, 2.45) is 16.7 Å². The summed E-state index contributed by atoms with van der Waals surface area (Å²) in [6.07, 6.45) is -1.35. The average Bonchev–Trinajstić information content (AvgIpc) is 2.90. The summed E-state index contributed by atoms with van der Waals surface area (Å²) >= 11 is 6.00. The van der Waals surface area contributed by atoms with Crippen molar-refractivity contribution in [3.63, 3.8) is 0 Å². The summed E-state index contributed by atoms with van der Waals surface area (Å²) in [4.78, 5) is 0. The summed E-state index contributed by atoms with van der Waals surface area (Å²) in [6.45, 7) is 1.60. The van der Waals surface area contributed by atoms with Gasteiger partial charge in [0.1, 0.15) is 11.9 Å². The number of ether oxygens (including phenoxy) is 2. The topological polar surface area (TPSA) is 114 Å². The monoisotopic (exact) mass is 420 g/mol. The third kappa shape index (κ3) is 2.21. The molecule has 2 aliphatic heterocycles. The standard InChI is InChI=1S/C22H14ClFN4O2/c1-13-21(12-27)19(28)30-22(13,15-5-7-16(23)8-6-15)29-18(20(21,10-25)11-26)14-3-2-4-17(24)9-14/h2-9,13,18,28H,1H3. The third-order valence-corrected chi connectivity index (χ3v) is 6.32. The lowest BCUT2D eigenvalue weighted by Gasteiger charge is -2.48. The Kier molecular flexibility index (Phi) is 4.33. The number of fused-ring (bicyclic) bond motifs is 2. The van der Waals surface area contributed by atoms with E-state index in [1.807, 2.05) is 18.2 Å². The molecule has 0 saturated carbocycles. The van der Waals surface area contributed by atoms with Crippen molar-refractivity contribution >= 4 is 17.5 Å². The van der Waals surface area contributed by atoms with Gasteiger partial charge in [0.2, 0.25) is 17.1 Å². The Labute approximate surface area is 177 Å². The molecule has 148 valence electrons. The van der Waals surface area contributed by atoms with Crippen LogP contribution in [0.3, 0.4) is 0 Å². The van der Waals surface area contributed by atoms with Crippen molar-refractivity contribution in [1.29, 1.82) is 21.2 Å². The number of nitriles is 3. The molecule has 4 unspecified atom stereocenters. The summed E-state index contributed by atoms with van der Waals surface area (Å²) in [6, 6.07) is 17.6. The van der Waals surface area contributed by atoms with Crippen LogP contribution >= 0.6 is 11.6 Å². The van der Waals surface area contributed by atoms with Gasteiger partial charge in [0.15, 0.2) is 5.41 Å². The minimum atomic E-state index is -2.14. The average molecular weight is 421 g/mol. The molecular formula is C22H14ClFN4O2. The van der Waals surface area contributed by atoms with E-state index in [4.69, 9.17) is 26.5 Å². The zero-order valence-electron chi connectivity index (χ0n) is 15.7. The molecule has 2 aromatic rings. The fraction of sp³-hybridized carbons (Fsp3) is 0.273. The van der Waals surface area contributed by atoms with Crippen molar-refractivity contribution in [2.45, 2.75) is 18.8 Å². The first-order chi connectivity index (χ1) is 14.3. The summed E-state index contributed by atoms with van der Waals surface area (Å²) in [7, 11) is 0. The van der Waals surface area contributed by atoms with Gasteiger partial charge in [-0.05, 0) is 29.8 Å². The summed E-state index contributed by atoms with van der Waals surface area (Å²) < 4.78 is 26.1. The van der Waals surface area contributed by atoms with E-state index in [0.717, 1.165) is 6.07 Å². The van der Waals surface area contributed by atoms with Gasteiger partial charge in [-0.15, -0.1) is 0 Å². The number of hydrogen-bond donors (Lipinski definition) is 1. The Morgan fingerprint density at radius 3 is 2.30 bits per heavy atom. The van der Waals surface area contributed by atoms with Crippen LogP contribution in [0.1, 0.15) is 24.2 Å². The molecule has 6 nitrogen and oxygen atoms in total. The van der Waals surface area contributed by atoms with Crippen molar-refractivity contribution in [3.05, 3.63) is 70.5 Å². The van der Waals surface area contributed by atoms with Crippen LogP contribution in [-0.4, -0.2) is 5.90 Å². The molecule has 2 fully saturated rings. The first kappa shape index (κ1) is 19.9. The van der Waals surface area contributed by atoms with Gasteiger partial charge in [-0.3, -0.25) is 5.41 Å². The summed E-state index contributed by atoms with van der Waals surface area (Å²) in [5.41, 5.74) is -3.42. The van der Waals surface area contributed by atoms with Gasteiger partial charge in [0, 0.05) is 10.6 Å². The maximum atomic E-state index is 14.0. The van der Waals surface area contributed by atoms with Crippen LogP contribution in [0.25, 0.3) is 0 Å². The van der Waals surface area contributed by atoms with Crippen LogP contribution in [0.2, 0.25) is 5.02 Å². The minimum Gasteiger partial charge on any atom is -0.443 e. The number of hydrogen-bond acceptors (Lipinski definition) is 6. The lowest BCUT2D eigenvalue weighted by Crippen LogP contribution is -2.57. The fourth-order valence-corrected chi connectivity index (χ4v) is 4.65. The predicted molar refractivity (Wildman–Crippen MR) is 103 cm³/mol. The van der Waals surface area contributed by atoms with E-state index in [1.165, 1.54) is 18.2 Å². The Morgan fingerprint density at radius 2 is 1.73 bits per heavy atom. The molecule has 2 saturated heterocycles. The Morgan fingerprint density at radius 1 is 1.07 bits per heavy atom. The Bertz CT molecular complexity index is 1170. The Balaban J connectivity index is 2.04. The first-order valence-corrected chi connectivity index (χ1v) is 9.40. The molecule has 2 aliphatic rings. The predicted octanol–water partition coefficient (Wildman–Crippen LogP) is 4.59. The molecule has 8 heteroatoms. The number of nitrogens with one attached hydrogen (secondary N) is 1. The highest BCUT2D eigenvalue weighted by Gasteiger charge is 2.79. The van der Waals surface area contributed by atoms with Crippen molar-refractivity contribution < 1.29 is 13.9 Å². The van der Waals surface area contributed by atoms with Gasteiger partial charge in [0.25, 0.3) is 0 Å². The van der Waals surface area contributed by atoms with E-state index in [1.54, 1.807) is 31.2 Å². The molecular weight excluding hydrogens is 407 g/mol. The second-order valence-electron chi connectivity index (χ2n) is 7.33. The highest BCUT2D eigenvalue weighted by Crippen LogP contribution is 2.68. The zero-order chi connectivity index (χ0) is 21.7. The molecule has 2 bridgehead atoms. The highest BCUT2D eigenvalue weighted by molar-refractivity contribution is 6.30. The van der Waals surface area contributed by atoms with Gasteiger partial charge in [-0.1, -0.05) is 42.8 Å². The van der Waals surface area contributed by atoms with Crippen LogP contribution in [0.15, 0.2) is 48.5 Å². The van der Waals surface area contributed by atoms with E-state index in [-0.39, 0.29) is 5.56 Å². The molecule has 2 heterocycles. The SMILES string of the molecule is CC1C2(c3ccc(Cl)cc3)OC(=N)C1(C#N)C(C#N)(C#N)C(c1cccc(F)c1)O2. The maximum Gasteiger partial charge on any atom is 0.244 e. The van der Waals surface area contributed by atoms with Crippen LogP contribution in [0, 0.1) is 62.0 Å². The first-order valence-electron chi connectivity index (χ1n) is 9.02. The zero-order valence-corrected chi connectivity index (χ0v) is 16.4. The third-order valence-electron chi connectivity index (χ3n) is 6.07. The van der Waals surface area contributed by atoms with Crippen LogP contribution in [0.5, 0.6) is 0 Å². The molecule has 0 radical (unpaired) electrons. The quantitative estimate of drug-likeness (QED) is 0.763. The van der Waals surface area contributed by atoms with Crippen molar-refractivity contribution in [1.82, 2.24) is 0 Å². The van der Waals surface area contributed by atoms with Crippen LogP contribution in [-0.2, 0) is 15.3 Å². The van der Waals surface area contributed by atoms with Gasteiger partial charge >= 0.3 is 0 Å². The molecule has 1 N–H and O–H groups in total. The van der Waals surface area contributed by atoms with Gasteiger partial charge in [-0.2, -0.15) is 15.8 Å². The van der Waals surface area contributed by atoms with Crippen LogP contribution < -0.4 is 0 Å². The van der Waals surface area contributed by atoms with E-state index >= 15 is 0 Å². The maximum absolute atomic E-state index is 14.0. The second kappa shape index (κ2) is 6.54. The van der Waals surface area contributed by atoms with Crippen LogP contribution in [0.4, 0.5) is 4.39 Å². The van der Waals surface area contributed by atoms with E-state index in [2.05, 4.69) is 0 Å².